The van der Waals surface area contributed by atoms with Gasteiger partial charge < -0.3 is 0 Å². The van der Waals surface area contributed by atoms with Crippen LogP contribution in [0.15, 0.2) is 78.9 Å². The standard InChI is InChI=1S/C31H25F/c1-3-5-24-10-12-26(13-11-24)16-18-28-19-20-29-22-27(17-21-30(29)31(28)32)15-14-25-8-6-23(4-2)7-9-25/h6-13,17,19-22H,3-5H2,1-2H3. The highest BCUT2D eigenvalue weighted by molar-refractivity contribution is 5.86. The summed E-state index contributed by atoms with van der Waals surface area (Å²) in [6.45, 7) is 4.30. The maximum Gasteiger partial charge on any atom is 0.146 e. The molecule has 0 fully saturated rings. The Morgan fingerprint density at radius 3 is 1.88 bits per heavy atom. The van der Waals surface area contributed by atoms with E-state index in [-0.39, 0.29) is 5.82 Å². The van der Waals surface area contributed by atoms with Crippen molar-refractivity contribution >= 4 is 10.8 Å². The lowest BCUT2D eigenvalue weighted by molar-refractivity contribution is 0.636. The number of aryl methyl sites for hydroxylation is 2. The number of hydrogen-bond donors (Lipinski definition) is 0. The molecule has 0 radical (unpaired) electrons. The Morgan fingerprint density at radius 2 is 1.22 bits per heavy atom. The number of fused-ring (bicyclic) bond motifs is 1. The minimum absolute atomic E-state index is 0.285. The highest BCUT2D eigenvalue weighted by atomic mass is 19.1. The zero-order valence-corrected chi connectivity index (χ0v) is 18.5. The Labute approximate surface area is 190 Å². The monoisotopic (exact) mass is 416 g/mol. The van der Waals surface area contributed by atoms with Gasteiger partial charge in [-0.3, -0.25) is 0 Å². The quantitative estimate of drug-likeness (QED) is 0.308. The maximum atomic E-state index is 15.1. The molecular weight excluding hydrogens is 391 g/mol. The van der Waals surface area contributed by atoms with Crippen molar-refractivity contribution in [1.82, 2.24) is 0 Å². The third kappa shape index (κ3) is 5.08. The first-order valence-corrected chi connectivity index (χ1v) is 11.1. The molecule has 4 aromatic rings. The van der Waals surface area contributed by atoms with Crippen LogP contribution in [0.1, 0.15) is 53.6 Å². The molecule has 0 aliphatic carbocycles. The van der Waals surface area contributed by atoms with Crippen LogP contribution in [0.4, 0.5) is 4.39 Å². The van der Waals surface area contributed by atoms with E-state index in [9.17, 15) is 0 Å². The maximum absolute atomic E-state index is 15.1. The first kappa shape index (κ1) is 21.4. The Morgan fingerprint density at radius 1 is 0.625 bits per heavy atom. The number of halogens is 1. The van der Waals surface area contributed by atoms with Crippen LogP contribution in [0.3, 0.4) is 0 Å². The lowest BCUT2D eigenvalue weighted by Crippen LogP contribution is -1.88. The van der Waals surface area contributed by atoms with Crippen LogP contribution < -0.4 is 0 Å². The molecule has 0 aliphatic heterocycles. The molecule has 4 aromatic carbocycles. The van der Waals surface area contributed by atoms with E-state index in [0.29, 0.717) is 10.9 Å². The van der Waals surface area contributed by atoms with E-state index >= 15 is 4.39 Å². The summed E-state index contributed by atoms with van der Waals surface area (Å²) in [6.07, 6.45) is 3.19. The van der Waals surface area contributed by atoms with Gasteiger partial charge in [-0.1, -0.05) is 80.3 Å². The van der Waals surface area contributed by atoms with Crippen molar-refractivity contribution in [3.05, 3.63) is 118 Å². The van der Waals surface area contributed by atoms with Crippen molar-refractivity contribution in [2.75, 3.05) is 0 Å². The Kier molecular flexibility index (Phi) is 6.69. The lowest BCUT2D eigenvalue weighted by atomic mass is 10.0. The van der Waals surface area contributed by atoms with Crippen molar-refractivity contribution in [3.8, 4) is 23.7 Å². The molecule has 0 saturated heterocycles. The third-order valence-corrected chi connectivity index (χ3v) is 5.50. The van der Waals surface area contributed by atoms with Crippen LogP contribution in [0.25, 0.3) is 10.8 Å². The van der Waals surface area contributed by atoms with E-state index in [2.05, 4.69) is 61.8 Å². The first-order valence-electron chi connectivity index (χ1n) is 11.1. The van der Waals surface area contributed by atoms with Gasteiger partial charge in [0.05, 0.1) is 5.56 Å². The van der Waals surface area contributed by atoms with E-state index in [4.69, 9.17) is 0 Å². The van der Waals surface area contributed by atoms with Crippen LogP contribution in [-0.2, 0) is 12.8 Å². The molecule has 0 N–H and O–H groups in total. The number of benzene rings is 4. The van der Waals surface area contributed by atoms with Crippen molar-refractivity contribution < 1.29 is 4.39 Å². The summed E-state index contributed by atoms with van der Waals surface area (Å²) >= 11 is 0. The Balaban J connectivity index is 1.57. The summed E-state index contributed by atoms with van der Waals surface area (Å²) in [4.78, 5) is 0. The van der Waals surface area contributed by atoms with Gasteiger partial charge in [0.1, 0.15) is 5.82 Å². The second-order valence-electron chi connectivity index (χ2n) is 7.86. The smallest absolute Gasteiger partial charge is 0.146 e. The highest BCUT2D eigenvalue weighted by Crippen LogP contribution is 2.22. The molecule has 0 bridgehead atoms. The SMILES string of the molecule is CCCc1ccc(C#Cc2ccc3cc(C#Cc4ccc(CC)cc4)ccc3c2F)cc1. The molecule has 0 atom stereocenters. The van der Waals surface area contributed by atoms with Gasteiger partial charge in [-0.15, -0.1) is 0 Å². The van der Waals surface area contributed by atoms with E-state index in [1.165, 1.54) is 11.1 Å². The van der Waals surface area contributed by atoms with E-state index in [1.54, 1.807) is 12.1 Å². The second-order valence-corrected chi connectivity index (χ2v) is 7.86. The molecule has 0 amide bonds. The molecule has 0 aromatic heterocycles. The summed E-state index contributed by atoms with van der Waals surface area (Å²) in [5, 5.41) is 1.39. The van der Waals surface area contributed by atoms with Crippen LogP contribution in [0, 0.1) is 29.5 Å². The lowest BCUT2D eigenvalue weighted by Gasteiger charge is -2.03. The highest BCUT2D eigenvalue weighted by Gasteiger charge is 2.06. The fourth-order valence-corrected chi connectivity index (χ4v) is 3.62. The fourth-order valence-electron chi connectivity index (χ4n) is 3.62. The molecule has 0 aliphatic rings. The van der Waals surface area contributed by atoms with Gasteiger partial charge in [-0.2, -0.15) is 0 Å². The molecule has 4 rings (SSSR count). The van der Waals surface area contributed by atoms with Gasteiger partial charge in [-0.05, 0) is 71.8 Å². The van der Waals surface area contributed by atoms with Crippen molar-refractivity contribution in [2.45, 2.75) is 33.1 Å². The van der Waals surface area contributed by atoms with E-state index in [0.717, 1.165) is 41.3 Å². The molecule has 0 spiro atoms. The average Bonchev–Trinajstić information content (AvgIpc) is 2.84. The van der Waals surface area contributed by atoms with Crippen molar-refractivity contribution in [3.63, 3.8) is 0 Å². The topological polar surface area (TPSA) is 0 Å². The number of hydrogen-bond acceptors (Lipinski definition) is 0. The summed E-state index contributed by atoms with van der Waals surface area (Å²) in [5.41, 5.74) is 5.73. The van der Waals surface area contributed by atoms with E-state index in [1.807, 2.05) is 42.5 Å². The van der Waals surface area contributed by atoms with Gasteiger partial charge in [0.25, 0.3) is 0 Å². The summed E-state index contributed by atoms with van der Waals surface area (Å²) < 4.78 is 15.1. The minimum Gasteiger partial charge on any atom is -0.205 e. The predicted molar refractivity (Wildman–Crippen MR) is 132 cm³/mol. The average molecular weight is 417 g/mol. The van der Waals surface area contributed by atoms with Gasteiger partial charge >= 0.3 is 0 Å². The Bertz CT molecular complexity index is 1350. The third-order valence-electron chi connectivity index (χ3n) is 5.50. The largest absolute Gasteiger partial charge is 0.205 e. The van der Waals surface area contributed by atoms with Gasteiger partial charge in [0.15, 0.2) is 0 Å². The van der Waals surface area contributed by atoms with Gasteiger partial charge in [0.2, 0.25) is 0 Å². The zero-order valence-electron chi connectivity index (χ0n) is 18.5. The molecule has 156 valence electrons. The molecule has 0 nitrogen and oxygen atoms in total. The second kappa shape index (κ2) is 10.00. The molecule has 0 saturated carbocycles. The van der Waals surface area contributed by atoms with Crippen molar-refractivity contribution in [2.24, 2.45) is 0 Å². The Hall–Kier alpha value is -3.81. The summed E-state index contributed by atoms with van der Waals surface area (Å²) in [6, 6.07) is 25.7. The molecule has 0 heterocycles. The van der Waals surface area contributed by atoms with Crippen LogP contribution >= 0.6 is 0 Å². The summed E-state index contributed by atoms with van der Waals surface area (Å²) in [7, 11) is 0. The number of rotatable bonds is 3. The van der Waals surface area contributed by atoms with E-state index < -0.39 is 0 Å². The minimum atomic E-state index is -0.285. The molecule has 32 heavy (non-hydrogen) atoms. The normalized spacial score (nSPS) is 10.2. The molecular formula is C31H25F. The summed E-state index contributed by atoms with van der Waals surface area (Å²) in [5.74, 6) is 12.2. The van der Waals surface area contributed by atoms with Crippen LogP contribution in [-0.4, -0.2) is 0 Å². The molecule has 0 unspecified atom stereocenters. The van der Waals surface area contributed by atoms with Crippen molar-refractivity contribution in [1.29, 1.82) is 0 Å². The first-order chi connectivity index (χ1) is 15.7. The fraction of sp³-hybridized carbons (Fsp3) is 0.161. The van der Waals surface area contributed by atoms with Crippen LogP contribution in [0.5, 0.6) is 0 Å². The van der Waals surface area contributed by atoms with Crippen LogP contribution in [0.2, 0.25) is 0 Å². The molecule has 1 heteroatoms. The zero-order chi connectivity index (χ0) is 22.3. The predicted octanol–water partition coefficient (Wildman–Crippen LogP) is 7.29. The van der Waals surface area contributed by atoms with Gasteiger partial charge in [0, 0.05) is 22.1 Å². The van der Waals surface area contributed by atoms with Gasteiger partial charge in [-0.25, -0.2) is 4.39 Å².